The van der Waals surface area contributed by atoms with Gasteiger partial charge >= 0.3 is 0 Å². The summed E-state index contributed by atoms with van der Waals surface area (Å²) in [5.74, 6) is 1.75. The van der Waals surface area contributed by atoms with E-state index in [2.05, 4.69) is 44.1 Å². The molecule has 0 aliphatic carbocycles. The number of pyridine rings is 1. The van der Waals surface area contributed by atoms with Crippen molar-refractivity contribution in [1.29, 1.82) is 0 Å². The fourth-order valence-corrected chi connectivity index (χ4v) is 3.35. The summed E-state index contributed by atoms with van der Waals surface area (Å²) in [6.45, 7) is 3.17. The topological polar surface area (TPSA) is 44.8 Å². The minimum Gasteiger partial charge on any atom is -0.341 e. The van der Waals surface area contributed by atoms with E-state index in [1.165, 1.54) is 18.4 Å². The number of aromatic amines is 1. The summed E-state index contributed by atoms with van der Waals surface area (Å²) >= 11 is 0. The molecule has 0 spiro atoms. The van der Waals surface area contributed by atoms with Gasteiger partial charge in [0.1, 0.15) is 5.82 Å². The highest BCUT2D eigenvalue weighted by atomic mass is 15.2. The monoisotopic (exact) mass is 292 g/mol. The van der Waals surface area contributed by atoms with Gasteiger partial charge < -0.3 is 4.98 Å². The highest BCUT2D eigenvalue weighted by Gasteiger charge is 2.21. The number of fused-ring (bicyclic) bond motifs is 1. The number of likely N-dealkylation sites (tertiary alicyclic amines) is 1. The lowest BCUT2D eigenvalue weighted by atomic mass is 9.90. The normalized spacial score (nSPS) is 17.1. The molecule has 0 bridgehead atoms. The molecule has 3 heterocycles. The van der Waals surface area contributed by atoms with Crippen LogP contribution in [0.3, 0.4) is 0 Å². The third kappa shape index (κ3) is 2.74. The zero-order chi connectivity index (χ0) is 14.8. The van der Waals surface area contributed by atoms with Crippen LogP contribution in [-0.2, 0) is 6.54 Å². The van der Waals surface area contributed by atoms with Crippen LogP contribution in [0, 0.1) is 0 Å². The van der Waals surface area contributed by atoms with E-state index in [0.29, 0.717) is 5.92 Å². The van der Waals surface area contributed by atoms with Gasteiger partial charge in [0.2, 0.25) is 0 Å². The highest BCUT2D eigenvalue weighted by Crippen LogP contribution is 2.28. The Morgan fingerprint density at radius 1 is 1.05 bits per heavy atom. The molecule has 4 rings (SSSR count). The predicted octanol–water partition coefficient (Wildman–Crippen LogP) is 3.34. The number of hydrogen-bond acceptors (Lipinski definition) is 3. The lowest BCUT2D eigenvalue weighted by Crippen LogP contribution is -2.32. The Kier molecular flexibility index (Phi) is 3.60. The summed E-state index contributed by atoms with van der Waals surface area (Å²) in [6, 6.07) is 12.5. The molecular formula is C18H20N4. The molecule has 3 aromatic rings. The molecule has 4 nitrogen and oxygen atoms in total. The maximum atomic E-state index is 4.68. The second kappa shape index (κ2) is 5.89. The first-order valence-corrected chi connectivity index (χ1v) is 7.94. The third-order valence-corrected chi connectivity index (χ3v) is 4.58. The van der Waals surface area contributed by atoms with Gasteiger partial charge in [-0.1, -0.05) is 12.1 Å². The number of rotatable bonds is 3. The minimum absolute atomic E-state index is 0.676. The number of H-pyrrole nitrogens is 1. The van der Waals surface area contributed by atoms with Crippen molar-refractivity contribution in [1.82, 2.24) is 19.9 Å². The van der Waals surface area contributed by atoms with E-state index in [9.17, 15) is 0 Å². The second-order valence-electron chi connectivity index (χ2n) is 6.03. The van der Waals surface area contributed by atoms with E-state index in [1.807, 2.05) is 24.5 Å². The number of nitrogens with one attached hydrogen (secondary N) is 1. The van der Waals surface area contributed by atoms with E-state index in [-0.39, 0.29) is 0 Å². The molecule has 1 fully saturated rings. The number of piperidine rings is 1. The third-order valence-electron chi connectivity index (χ3n) is 4.58. The van der Waals surface area contributed by atoms with Crippen molar-refractivity contribution in [2.45, 2.75) is 25.3 Å². The summed E-state index contributed by atoms with van der Waals surface area (Å²) in [5.41, 5.74) is 3.62. The lowest BCUT2D eigenvalue weighted by molar-refractivity contribution is 0.201. The van der Waals surface area contributed by atoms with Gasteiger partial charge in [0.25, 0.3) is 0 Å². The van der Waals surface area contributed by atoms with Crippen molar-refractivity contribution >= 4 is 11.0 Å². The molecule has 1 N–H and O–H groups in total. The Labute approximate surface area is 130 Å². The van der Waals surface area contributed by atoms with E-state index < -0.39 is 0 Å². The molecule has 0 radical (unpaired) electrons. The molecule has 1 aliphatic rings. The smallest absolute Gasteiger partial charge is 0.121 e. The van der Waals surface area contributed by atoms with Gasteiger partial charge in [-0.05, 0) is 61.7 Å². The van der Waals surface area contributed by atoms with Gasteiger partial charge in [-0.15, -0.1) is 0 Å². The van der Waals surface area contributed by atoms with Crippen LogP contribution in [-0.4, -0.2) is 32.9 Å². The van der Waals surface area contributed by atoms with Gasteiger partial charge in [-0.25, -0.2) is 4.98 Å². The average molecular weight is 292 g/mol. The van der Waals surface area contributed by atoms with Crippen molar-refractivity contribution in [3.8, 4) is 0 Å². The Bertz CT molecular complexity index is 709. The standard InChI is InChI=1S/C18H20N4/c1-2-4-17-16(3-1)20-18(21-17)13-22-11-7-15(8-12-22)14-5-9-19-10-6-14/h1-6,9-10,15H,7-8,11-13H2,(H,20,21). The van der Waals surface area contributed by atoms with Gasteiger partial charge in [0.05, 0.1) is 17.6 Å². The molecule has 0 amide bonds. The number of para-hydroxylation sites is 2. The summed E-state index contributed by atoms with van der Waals surface area (Å²) in [6.07, 6.45) is 6.22. The highest BCUT2D eigenvalue weighted by molar-refractivity contribution is 5.74. The largest absolute Gasteiger partial charge is 0.341 e. The van der Waals surface area contributed by atoms with Crippen molar-refractivity contribution in [3.05, 3.63) is 60.2 Å². The zero-order valence-electron chi connectivity index (χ0n) is 12.6. The quantitative estimate of drug-likeness (QED) is 0.805. The maximum absolute atomic E-state index is 4.68. The van der Waals surface area contributed by atoms with Crippen LogP contribution < -0.4 is 0 Å². The lowest BCUT2D eigenvalue weighted by Gasteiger charge is -2.31. The Morgan fingerprint density at radius 2 is 1.82 bits per heavy atom. The molecule has 4 heteroatoms. The number of hydrogen-bond donors (Lipinski definition) is 1. The van der Waals surface area contributed by atoms with Gasteiger partial charge in [0.15, 0.2) is 0 Å². The molecule has 0 unspecified atom stereocenters. The zero-order valence-corrected chi connectivity index (χ0v) is 12.6. The first-order valence-electron chi connectivity index (χ1n) is 7.94. The van der Waals surface area contributed by atoms with Crippen LogP contribution in [0.1, 0.15) is 30.1 Å². The fraction of sp³-hybridized carbons (Fsp3) is 0.333. The average Bonchev–Trinajstić information content (AvgIpc) is 2.98. The molecule has 1 saturated heterocycles. The number of imidazole rings is 1. The van der Waals surface area contributed by atoms with Crippen LogP contribution in [0.5, 0.6) is 0 Å². The van der Waals surface area contributed by atoms with Crippen LogP contribution in [0.15, 0.2) is 48.8 Å². The molecule has 1 aromatic carbocycles. The van der Waals surface area contributed by atoms with Gasteiger partial charge in [-0.2, -0.15) is 0 Å². The van der Waals surface area contributed by atoms with Crippen molar-refractivity contribution < 1.29 is 0 Å². The first kappa shape index (κ1) is 13.5. The second-order valence-corrected chi connectivity index (χ2v) is 6.03. The van der Waals surface area contributed by atoms with Crippen molar-refractivity contribution in [2.24, 2.45) is 0 Å². The number of benzene rings is 1. The van der Waals surface area contributed by atoms with Crippen LogP contribution in [0.4, 0.5) is 0 Å². The van der Waals surface area contributed by atoms with Crippen LogP contribution >= 0.6 is 0 Å². The molecular weight excluding hydrogens is 272 g/mol. The molecule has 112 valence electrons. The predicted molar refractivity (Wildman–Crippen MR) is 87.6 cm³/mol. The summed E-state index contributed by atoms with van der Waals surface area (Å²) in [4.78, 5) is 14.7. The Morgan fingerprint density at radius 3 is 2.59 bits per heavy atom. The molecule has 1 aliphatic heterocycles. The Balaban J connectivity index is 1.39. The fourth-order valence-electron chi connectivity index (χ4n) is 3.35. The summed E-state index contributed by atoms with van der Waals surface area (Å²) < 4.78 is 0. The minimum atomic E-state index is 0.676. The van der Waals surface area contributed by atoms with Gasteiger partial charge in [0, 0.05) is 12.4 Å². The number of nitrogens with zero attached hydrogens (tertiary/aromatic N) is 3. The molecule has 22 heavy (non-hydrogen) atoms. The van der Waals surface area contributed by atoms with Crippen LogP contribution in [0.2, 0.25) is 0 Å². The Hall–Kier alpha value is -2.20. The molecule has 2 aromatic heterocycles. The van der Waals surface area contributed by atoms with E-state index in [1.54, 1.807) is 0 Å². The van der Waals surface area contributed by atoms with Crippen molar-refractivity contribution in [3.63, 3.8) is 0 Å². The maximum Gasteiger partial charge on any atom is 0.121 e. The summed E-state index contributed by atoms with van der Waals surface area (Å²) in [5, 5.41) is 0. The van der Waals surface area contributed by atoms with Crippen molar-refractivity contribution in [2.75, 3.05) is 13.1 Å². The SMILES string of the molecule is c1ccc2[nH]c(CN3CCC(c4ccncc4)CC3)nc2c1. The van der Waals surface area contributed by atoms with Crippen LogP contribution in [0.25, 0.3) is 11.0 Å². The van der Waals surface area contributed by atoms with E-state index in [4.69, 9.17) is 0 Å². The molecule has 0 atom stereocenters. The van der Waals surface area contributed by atoms with E-state index in [0.717, 1.165) is 36.5 Å². The number of aromatic nitrogens is 3. The molecule has 0 saturated carbocycles. The van der Waals surface area contributed by atoms with E-state index >= 15 is 0 Å². The van der Waals surface area contributed by atoms with Gasteiger partial charge in [-0.3, -0.25) is 9.88 Å². The summed E-state index contributed by atoms with van der Waals surface area (Å²) in [7, 11) is 0. The first-order chi connectivity index (χ1) is 10.9.